The lowest BCUT2D eigenvalue weighted by Gasteiger charge is -2.12. The summed E-state index contributed by atoms with van der Waals surface area (Å²) in [7, 11) is -2.57. The maximum absolute atomic E-state index is 13.2. The Kier molecular flexibility index (Phi) is 6.94. The summed E-state index contributed by atoms with van der Waals surface area (Å²) in [6.45, 7) is 0.244. The Labute approximate surface area is 184 Å². The van der Waals surface area contributed by atoms with Crippen LogP contribution in [0.1, 0.15) is 15.9 Å². The minimum atomic E-state index is -4.02. The lowest BCUT2D eigenvalue weighted by atomic mass is 10.0. The van der Waals surface area contributed by atoms with Crippen LogP contribution in [0.4, 0.5) is 4.39 Å². The molecule has 0 radical (unpaired) electrons. The van der Waals surface area contributed by atoms with E-state index in [1.54, 1.807) is 24.3 Å². The molecule has 0 aromatic heterocycles. The number of benzene rings is 3. The third-order valence-corrected chi connectivity index (χ3v) is 5.80. The first-order valence-corrected chi connectivity index (χ1v) is 11.1. The SMILES string of the molecule is COc1ccc(Cl)cc1C(=O)NCCc1ccc(-c2ccc(F)cc2)c(S(N)(=O)=O)c1. The van der Waals surface area contributed by atoms with Crippen molar-refractivity contribution in [2.45, 2.75) is 11.3 Å². The minimum absolute atomic E-state index is 0.0700. The fourth-order valence-corrected chi connectivity index (χ4v) is 4.08. The Morgan fingerprint density at radius 3 is 2.45 bits per heavy atom. The van der Waals surface area contributed by atoms with Crippen LogP contribution in [-0.2, 0) is 16.4 Å². The van der Waals surface area contributed by atoms with Gasteiger partial charge >= 0.3 is 0 Å². The van der Waals surface area contributed by atoms with Gasteiger partial charge in [-0.15, -0.1) is 0 Å². The standard InChI is InChI=1S/C22H20ClFN2O4S/c1-30-20-9-5-16(23)13-19(20)22(27)26-11-10-14-2-8-18(21(12-14)31(25,28)29)15-3-6-17(24)7-4-15/h2-9,12-13H,10-11H2,1H3,(H,26,27)(H2,25,28,29). The summed E-state index contributed by atoms with van der Waals surface area (Å²) in [5.74, 6) is -0.402. The van der Waals surface area contributed by atoms with E-state index in [9.17, 15) is 17.6 Å². The molecule has 0 aliphatic heterocycles. The van der Waals surface area contributed by atoms with E-state index < -0.39 is 15.8 Å². The van der Waals surface area contributed by atoms with E-state index in [1.165, 1.54) is 43.5 Å². The molecule has 6 nitrogen and oxygen atoms in total. The molecule has 9 heteroatoms. The van der Waals surface area contributed by atoms with Gasteiger partial charge < -0.3 is 10.1 Å². The maximum atomic E-state index is 13.2. The van der Waals surface area contributed by atoms with Crippen LogP contribution in [0, 0.1) is 5.82 Å². The minimum Gasteiger partial charge on any atom is -0.496 e. The van der Waals surface area contributed by atoms with E-state index >= 15 is 0 Å². The number of amides is 1. The van der Waals surface area contributed by atoms with Gasteiger partial charge in [-0.05, 0) is 53.9 Å². The maximum Gasteiger partial charge on any atom is 0.255 e. The summed E-state index contributed by atoms with van der Waals surface area (Å²) in [4.78, 5) is 12.4. The number of primary sulfonamides is 1. The second-order valence-electron chi connectivity index (χ2n) is 6.73. The van der Waals surface area contributed by atoms with Gasteiger partial charge in [0.15, 0.2) is 0 Å². The van der Waals surface area contributed by atoms with Gasteiger partial charge in [0.2, 0.25) is 10.0 Å². The average molecular weight is 463 g/mol. The van der Waals surface area contributed by atoms with Crippen LogP contribution in [0.15, 0.2) is 65.6 Å². The monoisotopic (exact) mass is 462 g/mol. The normalized spacial score (nSPS) is 11.2. The number of carbonyl (C=O) groups is 1. The molecule has 0 unspecified atom stereocenters. The second-order valence-corrected chi connectivity index (χ2v) is 8.70. The molecule has 31 heavy (non-hydrogen) atoms. The van der Waals surface area contributed by atoms with E-state index in [0.717, 1.165) is 0 Å². The fraction of sp³-hybridized carbons (Fsp3) is 0.136. The molecule has 3 N–H and O–H groups in total. The zero-order valence-corrected chi connectivity index (χ0v) is 18.1. The van der Waals surface area contributed by atoms with Crippen molar-refractivity contribution in [3.8, 4) is 16.9 Å². The van der Waals surface area contributed by atoms with Gasteiger partial charge in [-0.2, -0.15) is 0 Å². The summed E-state index contributed by atoms with van der Waals surface area (Å²) < 4.78 is 42.6. The average Bonchev–Trinajstić information content (AvgIpc) is 2.73. The number of hydrogen-bond acceptors (Lipinski definition) is 4. The molecule has 0 aliphatic rings. The molecule has 0 aliphatic carbocycles. The van der Waals surface area contributed by atoms with Crippen molar-refractivity contribution >= 4 is 27.5 Å². The van der Waals surface area contributed by atoms with Crippen LogP contribution in [0.5, 0.6) is 5.75 Å². The van der Waals surface area contributed by atoms with Gasteiger partial charge in [-0.25, -0.2) is 17.9 Å². The number of carbonyl (C=O) groups excluding carboxylic acids is 1. The van der Waals surface area contributed by atoms with E-state index in [-0.39, 0.29) is 17.3 Å². The number of nitrogens with two attached hydrogens (primary N) is 1. The molecule has 0 fully saturated rings. The molecule has 3 aromatic carbocycles. The summed E-state index contributed by atoms with van der Waals surface area (Å²) in [5.41, 5.74) is 1.86. The molecule has 0 spiro atoms. The number of methoxy groups -OCH3 is 1. The van der Waals surface area contributed by atoms with Crippen molar-refractivity contribution in [2.24, 2.45) is 5.14 Å². The molecule has 0 heterocycles. The van der Waals surface area contributed by atoms with E-state index in [2.05, 4.69) is 5.32 Å². The highest BCUT2D eigenvalue weighted by molar-refractivity contribution is 7.89. The van der Waals surface area contributed by atoms with Crippen molar-refractivity contribution in [1.82, 2.24) is 5.32 Å². The smallest absolute Gasteiger partial charge is 0.255 e. The fourth-order valence-electron chi connectivity index (χ4n) is 3.10. The van der Waals surface area contributed by atoms with Crippen molar-refractivity contribution in [2.75, 3.05) is 13.7 Å². The lowest BCUT2D eigenvalue weighted by Crippen LogP contribution is -2.26. The van der Waals surface area contributed by atoms with Gasteiger partial charge in [0, 0.05) is 17.1 Å². The Hall–Kier alpha value is -2.94. The van der Waals surface area contributed by atoms with Crippen molar-refractivity contribution in [3.05, 3.63) is 82.6 Å². The van der Waals surface area contributed by atoms with Gasteiger partial charge in [0.1, 0.15) is 11.6 Å². The van der Waals surface area contributed by atoms with E-state index in [0.29, 0.717) is 39.4 Å². The lowest BCUT2D eigenvalue weighted by molar-refractivity contribution is 0.0951. The van der Waals surface area contributed by atoms with E-state index in [1.807, 2.05) is 0 Å². The molecular formula is C22H20ClFN2O4S. The summed E-state index contributed by atoms with van der Waals surface area (Å²) in [6.07, 6.45) is 0.362. The first kappa shape index (κ1) is 22.7. The summed E-state index contributed by atoms with van der Waals surface area (Å²) in [6, 6.07) is 15.0. The van der Waals surface area contributed by atoms with Crippen LogP contribution in [0.2, 0.25) is 5.02 Å². The number of halogens is 2. The topological polar surface area (TPSA) is 98.5 Å². The van der Waals surface area contributed by atoms with Crippen LogP contribution in [0.3, 0.4) is 0 Å². The zero-order valence-electron chi connectivity index (χ0n) is 16.6. The quantitative estimate of drug-likeness (QED) is 0.558. The first-order valence-electron chi connectivity index (χ1n) is 9.22. The number of sulfonamides is 1. The van der Waals surface area contributed by atoms with E-state index in [4.69, 9.17) is 21.5 Å². The number of rotatable bonds is 7. The summed E-state index contributed by atoms with van der Waals surface area (Å²) in [5, 5.41) is 8.56. The molecule has 0 atom stereocenters. The highest BCUT2D eigenvalue weighted by atomic mass is 35.5. The molecule has 162 valence electrons. The van der Waals surface area contributed by atoms with Crippen LogP contribution in [-0.4, -0.2) is 28.0 Å². The number of hydrogen-bond donors (Lipinski definition) is 2. The Morgan fingerprint density at radius 1 is 1.10 bits per heavy atom. The highest BCUT2D eigenvalue weighted by Gasteiger charge is 2.17. The van der Waals surface area contributed by atoms with Crippen molar-refractivity contribution in [1.29, 1.82) is 0 Å². The Morgan fingerprint density at radius 2 is 1.81 bits per heavy atom. The molecular weight excluding hydrogens is 443 g/mol. The molecule has 0 bridgehead atoms. The molecule has 3 aromatic rings. The first-order chi connectivity index (χ1) is 14.7. The van der Waals surface area contributed by atoms with Gasteiger partial charge in [0.05, 0.1) is 17.6 Å². The van der Waals surface area contributed by atoms with Gasteiger partial charge in [-0.1, -0.05) is 35.9 Å². The number of ether oxygens (including phenoxy) is 1. The molecule has 0 saturated heterocycles. The predicted molar refractivity (Wildman–Crippen MR) is 117 cm³/mol. The molecule has 3 rings (SSSR count). The van der Waals surface area contributed by atoms with Gasteiger partial charge in [-0.3, -0.25) is 4.79 Å². The molecule has 0 saturated carbocycles. The largest absolute Gasteiger partial charge is 0.496 e. The highest BCUT2D eigenvalue weighted by Crippen LogP contribution is 2.28. The Balaban J connectivity index is 1.78. The van der Waals surface area contributed by atoms with Crippen LogP contribution < -0.4 is 15.2 Å². The number of nitrogens with one attached hydrogen (secondary N) is 1. The van der Waals surface area contributed by atoms with Crippen LogP contribution in [0.25, 0.3) is 11.1 Å². The zero-order chi connectivity index (χ0) is 22.6. The predicted octanol–water partition coefficient (Wildman–Crippen LogP) is 3.77. The van der Waals surface area contributed by atoms with Gasteiger partial charge in [0.25, 0.3) is 5.91 Å². The summed E-state index contributed by atoms with van der Waals surface area (Å²) >= 11 is 5.96. The third kappa shape index (κ3) is 5.61. The molecule has 1 amide bonds. The Bertz CT molecular complexity index is 1210. The van der Waals surface area contributed by atoms with Crippen LogP contribution >= 0.6 is 11.6 Å². The van der Waals surface area contributed by atoms with Crippen molar-refractivity contribution < 1.29 is 22.3 Å². The van der Waals surface area contributed by atoms with Crippen molar-refractivity contribution in [3.63, 3.8) is 0 Å². The second kappa shape index (κ2) is 9.47. The third-order valence-electron chi connectivity index (χ3n) is 4.61.